The molecule has 1 heterocycles. The van der Waals surface area contributed by atoms with E-state index in [9.17, 15) is 4.79 Å². The van der Waals surface area contributed by atoms with E-state index in [1.165, 1.54) is 11.1 Å². The highest BCUT2D eigenvalue weighted by atomic mass is 16.2. The molecule has 2 N–H and O–H groups in total. The lowest BCUT2D eigenvalue weighted by Gasteiger charge is -2.19. The Balaban J connectivity index is 2.22. The van der Waals surface area contributed by atoms with Gasteiger partial charge in [0.15, 0.2) is 0 Å². The standard InChI is InChI=1S/C15H22N2O/c1-10(2)15(18)17-7-6-13-9-12(8-11(3)16)4-5-14(13)17/h4-5,9-11H,6-8,16H2,1-3H3. The van der Waals surface area contributed by atoms with E-state index in [4.69, 9.17) is 5.73 Å². The summed E-state index contributed by atoms with van der Waals surface area (Å²) in [5, 5.41) is 0. The number of amides is 1. The van der Waals surface area contributed by atoms with E-state index in [2.05, 4.69) is 18.2 Å². The van der Waals surface area contributed by atoms with Crippen molar-refractivity contribution in [1.82, 2.24) is 0 Å². The predicted molar refractivity (Wildman–Crippen MR) is 74.7 cm³/mol. The van der Waals surface area contributed by atoms with Crippen LogP contribution in [0.5, 0.6) is 0 Å². The van der Waals surface area contributed by atoms with Crippen molar-refractivity contribution < 1.29 is 4.79 Å². The molecule has 0 aliphatic carbocycles. The van der Waals surface area contributed by atoms with Crippen molar-refractivity contribution in [2.24, 2.45) is 11.7 Å². The minimum absolute atomic E-state index is 0.0553. The van der Waals surface area contributed by atoms with Crippen LogP contribution >= 0.6 is 0 Å². The molecule has 0 saturated carbocycles. The zero-order chi connectivity index (χ0) is 13.3. The van der Waals surface area contributed by atoms with Gasteiger partial charge in [0, 0.05) is 24.2 Å². The van der Waals surface area contributed by atoms with Crippen LogP contribution in [-0.2, 0) is 17.6 Å². The monoisotopic (exact) mass is 246 g/mol. The number of hydrogen-bond acceptors (Lipinski definition) is 2. The smallest absolute Gasteiger partial charge is 0.229 e. The van der Waals surface area contributed by atoms with E-state index in [1.54, 1.807) is 0 Å². The highest BCUT2D eigenvalue weighted by molar-refractivity contribution is 5.96. The Bertz CT molecular complexity index is 452. The van der Waals surface area contributed by atoms with E-state index in [1.807, 2.05) is 25.7 Å². The summed E-state index contributed by atoms with van der Waals surface area (Å²) in [6, 6.07) is 6.54. The second kappa shape index (κ2) is 5.11. The summed E-state index contributed by atoms with van der Waals surface area (Å²) in [5.74, 6) is 0.272. The number of fused-ring (bicyclic) bond motifs is 1. The molecule has 1 aromatic rings. The normalized spacial score (nSPS) is 15.9. The minimum atomic E-state index is 0.0553. The van der Waals surface area contributed by atoms with Crippen LogP contribution in [-0.4, -0.2) is 18.5 Å². The fourth-order valence-electron chi connectivity index (χ4n) is 2.49. The van der Waals surface area contributed by atoms with Crippen LogP contribution in [0, 0.1) is 5.92 Å². The molecule has 0 aromatic heterocycles. The lowest BCUT2D eigenvalue weighted by Crippen LogP contribution is -2.32. The van der Waals surface area contributed by atoms with Gasteiger partial charge in [0.25, 0.3) is 0 Å². The third-order valence-corrected chi connectivity index (χ3v) is 3.36. The van der Waals surface area contributed by atoms with Gasteiger partial charge in [0.1, 0.15) is 0 Å². The topological polar surface area (TPSA) is 46.3 Å². The zero-order valence-electron chi connectivity index (χ0n) is 11.4. The van der Waals surface area contributed by atoms with Crippen LogP contribution in [0.3, 0.4) is 0 Å². The Hall–Kier alpha value is -1.35. The summed E-state index contributed by atoms with van der Waals surface area (Å²) in [7, 11) is 0. The Morgan fingerprint density at radius 1 is 1.39 bits per heavy atom. The maximum atomic E-state index is 12.1. The lowest BCUT2D eigenvalue weighted by atomic mass is 10.0. The van der Waals surface area contributed by atoms with E-state index >= 15 is 0 Å². The zero-order valence-corrected chi connectivity index (χ0v) is 11.4. The molecule has 0 saturated heterocycles. The Labute approximate surface area is 109 Å². The fourth-order valence-corrected chi connectivity index (χ4v) is 2.49. The first-order valence-electron chi connectivity index (χ1n) is 6.68. The van der Waals surface area contributed by atoms with Gasteiger partial charge in [-0.05, 0) is 37.0 Å². The molecule has 0 bridgehead atoms. The molecule has 3 nitrogen and oxygen atoms in total. The van der Waals surface area contributed by atoms with E-state index in [-0.39, 0.29) is 17.9 Å². The maximum Gasteiger partial charge on any atom is 0.229 e. The van der Waals surface area contributed by atoms with Crippen LogP contribution in [0.2, 0.25) is 0 Å². The number of hydrogen-bond donors (Lipinski definition) is 1. The number of carbonyl (C=O) groups excluding carboxylic acids is 1. The highest BCUT2D eigenvalue weighted by Crippen LogP contribution is 2.30. The Kier molecular flexibility index (Phi) is 3.71. The first-order valence-corrected chi connectivity index (χ1v) is 6.68. The molecular weight excluding hydrogens is 224 g/mol. The van der Waals surface area contributed by atoms with Gasteiger partial charge in [-0.25, -0.2) is 0 Å². The van der Waals surface area contributed by atoms with E-state index < -0.39 is 0 Å². The third kappa shape index (κ3) is 2.56. The second-order valence-electron chi connectivity index (χ2n) is 5.54. The summed E-state index contributed by atoms with van der Waals surface area (Å²) in [6.45, 7) is 6.73. The third-order valence-electron chi connectivity index (χ3n) is 3.36. The summed E-state index contributed by atoms with van der Waals surface area (Å²) in [6.07, 6.45) is 1.85. The van der Waals surface area contributed by atoms with Crippen molar-refractivity contribution in [3.8, 4) is 0 Å². The van der Waals surface area contributed by atoms with Gasteiger partial charge in [-0.1, -0.05) is 26.0 Å². The Morgan fingerprint density at radius 3 is 2.72 bits per heavy atom. The number of carbonyl (C=O) groups is 1. The average Bonchev–Trinajstić information content (AvgIpc) is 2.69. The molecule has 18 heavy (non-hydrogen) atoms. The van der Waals surface area contributed by atoms with Crippen LogP contribution in [0.4, 0.5) is 5.69 Å². The molecule has 98 valence electrons. The molecule has 1 unspecified atom stereocenters. The summed E-state index contributed by atoms with van der Waals surface area (Å²) in [5.41, 5.74) is 9.45. The van der Waals surface area contributed by atoms with Crippen molar-refractivity contribution >= 4 is 11.6 Å². The van der Waals surface area contributed by atoms with Crippen molar-refractivity contribution in [3.05, 3.63) is 29.3 Å². The molecule has 1 atom stereocenters. The molecule has 1 aliphatic rings. The van der Waals surface area contributed by atoms with Gasteiger partial charge in [-0.15, -0.1) is 0 Å². The molecule has 1 aliphatic heterocycles. The van der Waals surface area contributed by atoms with Crippen molar-refractivity contribution in [1.29, 1.82) is 0 Å². The van der Waals surface area contributed by atoms with Gasteiger partial charge >= 0.3 is 0 Å². The highest BCUT2D eigenvalue weighted by Gasteiger charge is 2.26. The van der Waals surface area contributed by atoms with Gasteiger partial charge in [0.05, 0.1) is 0 Å². The molecule has 2 rings (SSSR count). The SMILES string of the molecule is CC(N)Cc1ccc2c(c1)CCN2C(=O)C(C)C. The summed E-state index contributed by atoms with van der Waals surface area (Å²) >= 11 is 0. The van der Waals surface area contributed by atoms with Crippen molar-refractivity contribution in [2.75, 3.05) is 11.4 Å². The van der Waals surface area contributed by atoms with Crippen molar-refractivity contribution in [3.63, 3.8) is 0 Å². The second-order valence-corrected chi connectivity index (χ2v) is 5.54. The van der Waals surface area contributed by atoms with Gasteiger partial charge in [-0.3, -0.25) is 4.79 Å². The number of anilines is 1. The van der Waals surface area contributed by atoms with Crippen molar-refractivity contribution in [2.45, 2.75) is 39.7 Å². The molecule has 0 radical (unpaired) electrons. The first kappa shape index (κ1) is 13.1. The van der Waals surface area contributed by atoms with Crippen LogP contribution in [0.25, 0.3) is 0 Å². The molecule has 1 amide bonds. The number of rotatable bonds is 3. The number of nitrogens with zero attached hydrogens (tertiary/aromatic N) is 1. The van der Waals surface area contributed by atoms with Gasteiger partial charge in [0.2, 0.25) is 5.91 Å². The summed E-state index contributed by atoms with van der Waals surface area (Å²) < 4.78 is 0. The van der Waals surface area contributed by atoms with Crippen LogP contribution in [0.1, 0.15) is 31.9 Å². The number of nitrogens with two attached hydrogens (primary N) is 1. The molecule has 1 aromatic carbocycles. The molecule has 0 spiro atoms. The van der Waals surface area contributed by atoms with Crippen LogP contribution in [0.15, 0.2) is 18.2 Å². The first-order chi connectivity index (χ1) is 8.49. The largest absolute Gasteiger partial charge is 0.328 e. The Morgan fingerprint density at radius 2 is 2.11 bits per heavy atom. The maximum absolute atomic E-state index is 12.1. The fraction of sp³-hybridized carbons (Fsp3) is 0.533. The van der Waals surface area contributed by atoms with Gasteiger partial charge in [-0.2, -0.15) is 0 Å². The van der Waals surface area contributed by atoms with E-state index in [0.717, 1.165) is 25.1 Å². The molecular formula is C15H22N2O. The van der Waals surface area contributed by atoms with Crippen LogP contribution < -0.4 is 10.6 Å². The molecule has 0 fully saturated rings. The van der Waals surface area contributed by atoms with Gasteiger partial charge < -0.3 is 10.6 Å². The predicted octanol–water partition coefficient (Wildman–Crippen LogP) is 2.12. The lowest BCUT2D eigenvalue weighted by molar-refractivity contribution is -0.121. The summed E-state index contributed by atoms with van der Waals surface area (Å²) in [4.78, 5) is 14.0. The van der Waals surface area contributed by atoms with E-state index in [0.29, 0.717) is 0 Å². The minimum Gasteiger partial charge on any atom is -0.328 e. The average molecular weight is 246 g/mol. The number of benzene rings is 1. The quantitative estimate of drug-likeness (QED) is 0.888. The molecule has 3 heteroatoms.